The Morgan fingerprint density at radius 3 is 2.34 bits per heavy atom. The minimum Gasteiger partial charge on any atom is -0.463 e. The van der Waals surface area contributed by atoms with Gasteiger partial charge in [-0.2, -0.15) is 0 Å². The number of hydrogen-bond donors (Lipinski definition) is 3. The van der Waals surface area contributed by atoms with Gasteiger partial charge in [-0.3, -0.25) is 14.9 Å². The van der Waals surface area contributed by atoms with Crippen molar-refractivity contribution in [2.75, 3.05) is 25.1 Å². The summed E-state index contributed by atoms with van der Waals surface area (Å²) in [5, 5.41) is 39.4. The van der Waals surface area contributed by atoms with Crippen LogP contribution >= 0.6 is 0 Å². The number of aliphatic hydroxyl groups is 2. The summed E-state index contributed by atoms with van der Waals surface area (Å²) in [5.41, 5.74) is 1.08. The van der Waals surface area contributed by atoms with Crippen molar-refractivity contribution in [3.05, 3.63) is 22.2 Å². The second-order valence-corrected chi connectivity index (χ2v) is 7.73. The first-order chi connectivity index (χ1) is 15.5. The zero-order chi connectivity index (χ0) is 23.2. The van der Waals surface area contributed by atoms with Crippen LogP contribution in [0.1, 0.15) is 64.2 Å². The Morgan fingerprint density at radius 1 is 1.06 bits per heavy atom. The Hall–Kier alpha value is -2.79. The summed E-state index contributed by atoms with van der Waals surface area (Å²) in [6.45, 7) is 0.180. The monoisotopic (exact) mass is 452 g/mol. The van der Waals surface area contributed by atoms with Crippen LogP contribution in [0.4, 0.5) is 11.4 Å². The van der Waals surface area contributed by atoms with Crippen molar-refractivity contribution in [2.24, 2.45) is 0 Å². The average Bonchev–Trinajstić information content (AvgIpc) is 3.28. The number of nitro groups is 1. The van der Waals surface area contributed by atoms with Gasteiger partial charge >= 0.3 is 11.7 Å². The van der Waals surface area contributed by atoms with E-state index >= 15 is 0 Å². The lowest BCUT2D eigenvalue weighted by Gasteiger charge is -2.08. The van der Waals surface area contributed by atoms with E-state index in [0.717, 1.165) is 64.3 Å². The highest BCUT2D eigenvalue weighted by atomic mass is 16.6. The van der Waals surface area contributed by atoms with Gasteiger partial charge in [0.05, 0.1) is 17.2 Å². The highest BCUT2D eigenvalue weighted by Crippen LogP contribution is 2.28. The Bertz CT molecular complexity index is 843. The van der Waals surface area contributed by atoms with Gasteiger partial charge in [0.15, 0.2) is 5.52 Å². The Morgan fingerprint density at radius 2 is 1.69 bits per heavy atom. The molecule has 2 aromatic rings. The fourth-order valence-electron chi connectivity index (χ4n) is 3.31. The van der Waals surface area contributed by atoms with E-state index in [9.17, 15) is 14.9 Å². The molecule has 1 atom stereocenters. The molecule has 0 aliphatic heterocycles. The van der Waals surface area contributed by atoms with Crippen LogP contribution in [0.15, 0.2) is 16.8 Å². The van der Waals surface area contributed by atoms with Crippen molar-refractivity contribution < 1.29 is 29.3 Å². The molecule has 11 heteroatoms. The molecule has 0 aliphatic carbocycles. The first-order valence-corrected chi connectivity index (χ1v) is 11.1. The third-order valence-electron chi connectivity index (χ3n) is 5.11. The maximum Gasteiger partial charge on any atom is 0.305 e. The minimum absolute atomic E-state index is 0.121. The van der Waals surface area contributed by atoms with Crippen LogP contribution in [-0.2, 0) is 9.53 Å². The van der Waals surface area contributed by atoms with Crippen LogP contribution in [0.3, 0.4) is 0 Å². The normalized spacial score (nSPS) is 12.1. The van der Waals surface area contributed by atoms with E-state index in [4.69, 9.17) is 14.9 Å². The van der Waals surface area contributed by atoms with Gasteiger partial charge in [0.25, 0.3) is 0 Å². The number of esters is 1. The van der Waals surface area contributed by atoms with Crippen LogP contribution < -0.4 is 5.32 Å². The van der Waals surface area contributed by atoms with Crippen LogP contribution in [0.5, 0.6) is 0 Å². The molecule has 178 valence electrons. The largest absolute Gasteiger partial charge is 0.463 e. The predicted molar refractivity (Wildman–Crippen MR) is 117 cm³/mol. The molecule has 0 spiro atoms. The summed E-state index contributed by atoms with van der Waals surface area (Å²) >= 11 is 0. The van der Waals surface area contributed by atoms with Crippen molar-refractivity contribution in [1.29, 1.82) is 0 Å². The number of nitro benzene ring substituents is 1. The van der Waals surface area contributed by atoms with Crippen molar-refractivity contribution >= 4 is 28.4 Å². The van der Waals surface area contributed by atoms with Gasteiger partial charge in [0, 0.05) is 19.0 Å². The second-order valence-electron chi connectivity index (χ2n) is 7.73. The Balaban J connectivity index is 1.45. The molecule has 0 radical (unpaired) electrons. The Labute approximate surface area is 186 Å². The molecule has 0 bridgehead atoms. The van der Waals surface area contributed by atoms with E-state index in [-0.39, 0.29) is 23.8 Å². The summed E-state index contributed by atoms with van der Waals surface area (Å²) in [4.78, 5) is 22.0. The number of anilines is 1. The fraction of sp³-hybridized carbons (Fsp3) is 0.667. The number of benzene rings is 1. The molecule has 32 heavy (non-hydrogen) atoms. The molecule has 0 saturated heterocycles. The number of nitrogens with zero attached hydrogens (tertiary/aromatic N) is 3. The number of nitrogens with one attached hydrogen (secondary N) is 1. The molecule has 1 heterocycles. The van der Waals surface area contributed by atoms with Crippen LogP contribution in [0.25, 0.3) is 11.0 Å². The van der Waals surface area contributed by atoms with Crippen LogP contribution in [-0.4, -0.2) is 57.3 Å². The molecule has 0 amide bonds. The topological polar surface area (TPSA) is 161 Å². The van der Waals surface area contributed by atoms with E-state index in [1.807, 2.05) is 0 Å². The zero-order valence-electron chi connectivity index (χ0n) is 18.2. The standard InChI is InChI=1S/C21H32N4O7/c26-14-16(27)15-31-19(28)10-8-6-4-2-1-3-5-7-9-13-22-17-11-12-18(25(29)30)21-20(17)23-32-24-21/h11-12,16,22,26-27H,1-10,13-15H2. The van der Waals surface area contributed by atoms with E-state index in [1.165, 1.54) is 6.07 Å². The summed E-state index contributed by atoms with van der Waals surface area (Å²) in [7, 11) is 0. The lowest BCUT2D eigenvalue weighted by molar-refractivity contribution is -0.383. The molecule has 1 unspecified atom stereocenters. The summed E-state index contributed by atoms with van der Waals surface area (Å²) in [6.07, 6.45) is 8.84. The SMILES string of the molecule is O=C(CCCCCCCCCCCNc1ccc([N+](=O)[O-])c2nonc12)OCC(O)CO. The number of aliphatic hydroxyl groups excluding tert-OH is 2. The molecule has 0 aliphatic rings. The lowest BCUT2D eigenvalue weighted by atomic mass is 10.1. The first-order valence-electron chi connectivity index (χ1n) is 11.1. The van der Waals surface area contributed by atoms with E-state index in [2.05, 4.69) is 20.3 Å². The smallest absolute Gasteiger partial charge is 0.305 e. The van der Waals surface area contributed by atoms with Crippen molar-refractivity contribution in [1.82, 2.24) is 10.3 Å². The molecule has 2 rings (SSSR count). The van der Waals surface area contributed by atoms with E-state index < -0.39 is 17.6 Å². The van der Waals surface area contributed by atoms with Crippen molar-refractivity contribution in [3.63, 3.8) is 0 Å². The number of fused-ring (bicyclic) bond motifs is 1. The number of aromatic nitrogens is 2. The van der Waals surface area contributed by atoms with Crippen LogP contribution in [0.2, 0.25) is 0 Å². The maximum absolute atomic E-state index is 11.4. The number of ether oxygens (including phenoxy) is 1. The zero-order valence-corrected chi connectivity index (χ0v) is 18.2. The molecule has 1 aromatic carbocycles. The van der Waals surface area contributed by atoms with Crippen molar-refractivity contribution in [2.45, 2.75) is 70.3 Å². The van der Waals surface area contributed by atoms with E-state index in [0.29, 0.717) is 17.6 Å². The molecule has 1 aromatic heterocycles. The number of hydrogen-bond acceptors (Lipinski definition) is 10. The third kappa shape index (κ3) is 8.75. The number of carbonyl (C=O) groups excluding carboxylic acids is 1. The summed E-state index contributed by atoms with van der Waals surface area (Å²) in [5.74, 6) is -0.333. The first kappa shape index (κ1) is 25.5. The molecular weight excluding hydrogens is 420 g/mol. The maximum atomic E-state index is 11.4. The van der Waals surface area contributed by atoms with Gasteiger partial charge in [0.2, 0.25) is 5.52 Å². The highest BCUT2D eigenvalue weighted by molar-refractivity contribution is 5.93. The predicted octanol–water partition coefficient (Wildman–Crippen LogP) is 3.34. The molecule has 0 saturated carbocycles. The summed E-state index contributed by atoms with van der Waals surface area (Å²) < 4.78 is 9.51. The van der Waals surface area contributed by atoms with Gasteiger partial charge in [-0.05, 0) is 29.2 Å². The average molecular weight is 453 g/mol. The molecule has 11 nitrogen and oxygen atoms in total. The quantitative estimate of drug-likeness (QED) is 0.140. The minimum atomic E-state index is -1.00. The molecule has 0 fully saturated rings. The van der Waals surface area contributed by atoms with Gasteiger partial charge in [0.1, 0.15) is 12.7 Å². The number of carbonyl (C=O) groups is 1. The van der Waals surface area contributed by atoms with Gasteiger partial charge in [-0.25, -0.2) is 4.63 Å². The number of rotatable bonds is 17. The van der Waals surface area contributed by atoms with E-state index in [1.54, 1.807) is 6.07 Å². The molecule has 3 N–H and O–H groups in total. The van der Waals surface area contributed by atoms with Crippen LogP contribution in [0, 0.1) is 10.1 Å². The number of unbranched alkanes of at least 4 members (excludes halogenated alkanes) is 8. The van der Waals surface area contributed by atoms with Gasteiger partial charge in [-0.1, -0.05) is 44.9 Å². The number of non-ortho nitro benzene ring substituents is 1. The van der Waals surface area contributed by atoms with Gasteiger partial charge in [-0.15, -0.1) is 0 Å². The Kier molecular flexibility index (Phi) is 11.4. The fourth-order valence-corrected chi connectivity index (χ4v) is 3.31. The molecular formula is C21H32N4O7. The highest BCUT2D eigenvalue weighted by Gasteiger charge is 2.19. The van der Waals surface area contributed by atoms with Gasteiger partial charge < -0.3 is 20.3 Å². The second kappa shape index (κ2) is 14.3. The third-order valence-corrected chi connectivity index (χ3v) is 5.11. The van der Waals surface area contributed by atoms with Crippen molar-refractivity contribution in [3.8, 4) is 0 Å². The lowest BCUT2D eigenvalue weighted by Crippen LogP contribution is -2.21. The summed E-state index contributed by atoms with van der Waals surface area (Å²) in [6, 6.07) is 3.03.